The van der Waals surface area contributed by atoms with Crippen LogP contribution >= 0.6 is 23.4 Å². The molecule has 1 heterocycles. The summed E-state index contributed by atoms with van der Waals surface area (Å²) in [6, 6.07) is 15.7. The van der Waals surface area contributed by atoms with Gasteiger partial charge in [0.2, 0.25) is 5.88 Å². The molecule has 0 aliphatic rings. The fourth-order valence-electron chi connectivity index (χ4n) is 2.16. The molecule has 1 aromatic heterocycles. The molecule has 25 heavy (non-hydrogen) atoms. The van der Waals surface area contributed by atoms with Gasteiger partial charge in [-0.05, 0) is 36.2 Å². The molecule has 3 aromatic rings. The van der Waals surface area contributed by atoms with Crippen molar-refractivity contribution in [1.29, 1.82) is 0 Å². The zero-order chi connectivity index (χ0) is 17.6. The van der Waals surface area contributed by atoms with E-state index in [1.807, 2.05) is 31.2 Å². The first-order chi connectivity index (χ1) is 12.1. The van der Waals surface area contributed by atoms with Crippen LogP contribution in [0.15, 0.2) is 59.8 Å². The number of aromatic nitrogens is 2. The molecular formula is C19H16ClFN2OS. The molecule has 0 radical (unpaired) electrons. The predicted octanol–water partition coefficient (Wildman–Crippen LogP) is 5.92. The topological polar surface area (TPSA) is 35.0 Å². The van der Waals surface area contributed by atoms with Gasteiger partial charge in [-0.2, -0.15) is 4.98 Å². The van der Waals surface area contributed by atoms with Crippen LogP contribution in [0.5, 0.6) is 11.6 Å². The number of halogens is 2. The van der Waals surface area contributed by atoms with Crippen molar-refractivity contribution in [3.63, 3.8) is 0 Å². The zero-order valence-electron chi connectivity index (χ0n) is 13.6. The molecule has 0 amide bonds. The Morgan fingerprint density at radius 3 is 2.68 bits per heavy atom. The van der Waals surface area contributed by atoms with Gasteiger partial charge in [-0.15, -0.1) is 0 Å². The largest absolute Gasteiger partial charge is 0.436 e. The first kappa shape index (κ1) is 17.7. The van der Waals surface area contributed by atoms with E-state index < -0.39 is 5.82 Å². The molecule has 0 saturated heterocycles. The number of hydrogen-bond donors (Lipinski definition) is 0. The van der Waals surface area contributed by atoms with E-state index in [1.54, 1.807) is 24.3 Å². The molecule has 0 saturated carbocycles. The number of ether oxygens (including phenoxy) is 1. The highest BCUT2D eigenvalue weighted by molar-refractivity contribution is 7.98. The quantitative estimate of drug-likeness (QED) is 0.396. The number of para-hydroxylation sites is 1. The SMILES string of the molecule is CCc1cc(Oc2ccccc2F)nc(SCc2cccc(Cl)c2)n1. The van der Waals surface area contributed by atoms with E-state index in [0.29, 0.717) is 21.8 Å². The summed E-state index contributed by atoms with van der Waals surface area (Å²) in [5, 5.41) is 1.29. The second-order valence-electron chi connectivity index (χ2n) is 5.28. The number of benzene rings is 2. The van der Waals surface area contributed by atoms with Crippen LogP contribution in [-0.2, 0) is 12.2 Å². The average Bonchev–Trinajstić information content (AvgIpc) is 2.62. The molecular weight excluding hydrogens is 359 g/mol. The Labute approximate surface area is 155 Å². The fraction of sp³-hybridized carbons (Fsp3) is 0.158. The van der Waals surface area contributed by atoms with E-state index in [0.717, 1.165) is 17.7 Å². The maximum Gasteiger partial charge on any atom is 0.223 e. The van der Waals surface area contributed by atoms with Gasteiger partial charge in [0.25, 0.3) is 0 Å². The number of hydrogen-bond acceptors (Lipinski definition) is 4. The molecule has 0 spiro atoms. The number of nitrogens with zero attached hydrogens (tertiary/aromatic N) is 2. The molecule has 0 aliphatic heterocycles. The van der Waals surface area contributed by atoms with Gasteiger partial charge in [0.15, 0.2) is 16.7 Å². The van der Waals surface area contributed by atoms with Gasteiger partial charge < -0.3 is 4.74 Å². The summed E-state index contributed by atoms with van der Waals surface area (Å²) in [5.41, 5.74) is 1.93. The summed E-state index contributed by atoms with van der Waals surface area (Å²) in [5.74, 6) is 0.749. The van der Waals surface area contributed by atoms with E-state index in [2.05, 4.69) is 9.97 Å². The lowest BCUT2D eigenvalue weighted by Gasteiger charge is -2.09. The minimum absolute atomic E-state index is 0.147. The Kier molecular flexibility index (Phi) is 5.89. The Balaban J connectivity index is 1.79. The van der Waals surface area contributed by atoms with E-state index in [-0.39, 0.29) is 5.75 Å². The zero-order valence-corrected chi connectivity index (χ0v) is 15.1. The maximum absolute atomic E-state index is 13.8. The van der Waals surface area contributed by atoms with Crippen LogP contribution in [-0.4, -0.2) is 9.97 Å². The molecule has 6 heteroatoms. The van der Waals surface area contributed by atoms with Crippen molar-refractivity contribution in [2.45, 2.75) is 24.3 Å². The molecule has 3 rings (SSSR count). The van der Waals surface area contributed by atoms with Gasteiger partial charge in [-0.3, -0.25) is 0 Å². The lowest BCUT2D eigenvalue weighted by Crippen LogP contribution is -1.98. The molecule has 0 bridgehead atoms. The van der Waals surface area contributed by atoms with Crippen molar-refractivity contribution in [1.82, 2.24) is 9.97 Å². The lowest BCUT2D eigenvalue weighted by molar-refractivity contribution is 0.421. The monoisotopic (exact) mass is 374 g/mol. The van der Waals surface area contributed by atoms with Gasteiger partial charge in [0.05, 0.1) is 0 Å². The van der Waals surface area contributed by atoms with Crippen molar-refractivity contribution in [2.24, 2.45) is 0 Å². The lowest BCUT2D eigenvalue weighted by atomic mass is 10.2. The van der Waals surface area contributed by atoms with Crippen LogP contribution < -0.4 is 4.74 Å². The van der Waals surface area contributed by atoms with Crippen LogP contribution in [0.25, 0.3) is 0 Å². The summed E-state index contributed by atoms with van der Waals surface area (Å²) >= 11 is 7.49. The highest BCUT2D eigenvalue weighted by Gasteiger charge is 2.09. The summed E-state index contributed by atoms with van der Waals surface area (Å²) in [6.45, 7) is 2.00. The summed E-state index contributed by atoms with van der Waals surface area (Å²) in [4.78, 5) is 8.88. The molecule has 0 atom stereocenters. The van der Waals surface area contributed by atoms with Gasteiger partial charge in [0, 0.05) is 22.5 Å². The number of rotatable bonds is 6. The summed E-state index contributed by atoms with van der Waals surface area (Å²) < 4.78 is 19.4. The van der Waals surface area contributed by atoms with E-state index >= 15 is 0 Å². The van der Waals surface area contributed by atoms with E-state index in [1.165, 1.54) is 17.8 Å². The smallest absolute Gasteiger partial charge is 0.223 e. The standard InChI is InChI=1S/C19H16ClFN2OS/c1-2-15-11-18(24-17-9-4-3-8-16(17)21)23-19(22-15)25-12-13-6-5-7-14(20)10-13/h3-11H,2,12H2,1H3. The molecule has 0 aliphatic carbocycles. The maximum atomic E-state index is 13.8. The average molecular weight is 375 g/mol. The molecule has 0 unspecified atom stereocenters. The van der Waals surface area contributed by atoms with Crippen LogP contribution in [0.2, 0.25) is 5.02 Å². The molecule has 0 N–H and O–H groups in total. The van der Waals surface area contributed by atoms with Crippen molar-refractivity contribution in [3.05, 3.63) is 76.7 Å². The molecule has 128 valence electrons. The third kappa shape index (κ3) is 4.94. The first-order valence-corrected chi connectivity index (χ1v) is 9.18. The fourth-order valence-corrected chi connectivity index (χ4v) is 3.19. The second-order valence-corrected chi connectivity index (χ2v) is 6.66. The third-order valence-corrected chi connectivity index (χ3v) is 4.56. The highest BCUT2D eigenvalue weighted by atomic mass is 35.5. The van der Waals surface area contributed by atoms with Crippen molar-refractivity contribution in [2.75, 3.05) is 0 Å². The van der Waals surface area contributed by atoms with Crippen molar-refractivity contribution >= 4 is 23.4 Å². The molecule has 0 fully saturated rings. The molecule has 3 nitrogen and oxygen atoms in total. The summed E-state index contributed by atoms with van der Waals surface area (Å²) in [6.07, 6.45) is 0.737. The Hall–Kier alpha value is -2.11. The van der Waals surface area contributed by atoms with Gasteiger partial charge in [-0.25, -0.2) is 9.37 Å². The van der Waals surface area contributed by atoms with Crippen LogP contribution in [0.3, 0.4) is 0 Å². The Bertz CT molecular complexity index is 876. The number of thioether (sulfide) groups is 1. The Morgan fingerprint density at radius 1 is 1.08 bits per heavy atom. The Morgan fingerprint density at radius 2 is 1.92 bits per heavy atom. The van der Waals surface area contributed by atoms with Crippen molar-refractivity contribution < 1.29 is 9.13 Å². The molecule has 2 aromatic carbocycles. The first-order valence-electron chi connectivity index (χ1n) is 7.81. The van der Waals surface area contributed by atoms with Crippen LogP contribution in [0.4, 0.5) is 4.39 Å². The van der Waals surface area contributed by atoms with E-state index in [9.17, 15) is 4.39 Å². The van der Waals surface area contributed by atoms with Crippen LogP contribution in [0.1, 0.15) is 18.2 Å². The number of aryl methyl sites for hydroxylation is 1. The van der Waals surface area contributed by atoms with Gasteiger partial charge in [0.1, 0.15) is 0 Å². The van der Waals surface area contributed by atoms with Gasteiger partial charge in [-0.1, -0.05) is 54.6 Å². The van der Waals surface area contributed by atoms with Crippen LogP contribution in [0, 0.1) is 5.82 Å². The van der Waals surface area contributed by atoms with Crippen molar-refractivity contribution in [3.8, 4) is 11.6 Å². The minimum atomic E-state index is -0.424. The highest BCUT2D eigenvalue weighted by Crippen LogP contribution is 2.27. The summed E-state index contributed by atoms with van der Waals surface area (Å²) in [7, 11) is 0. The predicted molar refractivity (Wildman–Crippen MR) is 98.9 cm³/mol. The second kappa shape index (κ2) is 8.32. The third-order valence-electron chi connectivity index (χ3n) is 3.41. The normalized spacial score (nSPS) is 10.7. The minimum Gasteiger partial charge on any atom is -0.436 e. The van der Waals surface area contributed by atoms with E-state index in [4.69, 9.17) is 16.3 Å². The van der Waals surface area contributed by atoms with Gasteiger partial charge >= 0.3 is 0 Å².